The van der Waals surface area contributed by atoms with Gasteiger partial charge in [-0.15, -0.1) is 0 Å². The van der Waals surface area contributed by atoms with Gasteiger partial charge in [-0.3, -0.25) is 10.1 Å². The lowest BCUT2D eigenvalue weighted by Gasteiger charge is -2.11. The van der Waals surface area contributed by atoms with E-state index in [4.69, 9.17) is 0 Å². The Balaban J connectivity index is 1.98. The van der Waals surface area contributed by atoms with Gasteiger partial charge in [0.2, 0.25) is 5.82 Å². The predicted octanol–water partition coefficient (Wildman–Crippen LogP) is 5.20. The van der Waals surface area contributed by atoms with E-state index in [2.05, 4.69) is 15.3 Å². The van der Waals surface area contributed by atoms with Crippen LogP contribution >= 0.6 is 11.8 Å². The highest BCUT2D eigenvalue weighted by Crippen LogP contribution is 2.37. The van der Waals surface area contributed by atoms with Gasteiger partial charge in [0.25, 0.3) is 0 Å². The molecule has 2 aromatic carbocycles. The first-order valence-corrected chi connectivity index (χ1v) is 8.84. The van der Waals surface area contributed by atoms with Crippen molar-refractivity contribution in [3.8, 4) is 0 Å². The Labute approximate surface area is 155 Å². The van der Waals surface area contributed by atoms with Gasteiger partial charge >= 0.3 is 5.69 Å². The molecule has 0 saturated heterocycles. The molecule has 0 spiro atoms. The summed E-state index contributed by atoms with van der Waals surface area (Å²) in [6, 6.07) is 13.6. The van der Waals surface area contributed by atoms with Crippen molar-refractivity contribution in [1.82, 2.24) is 9.97 Å². The SMILES string of the molecule is Cc1ccc(Sc2ncnc(Nc3ccc(C)cc3C)c2[N+](=O)[O-])cc1. The fraction of sp³-hybridized carbons (Fsp3) is 0.158. The summed E-state index contributed by atoms with van der Waals surface area (Å²) in [5, 5.41) is 15.1. The van der Waals surface area contributed by atoms with Gasteiger partial charge in [-0.25, -0.2) is 9.97 Å². The Morgan fingerprint density at radius 3 is 2.35 bits per heavy atom. The van der Waals surface area contributed by atoms with Gasteiger partial charge in [-0.05, 0) is 44.5 Å². The second-order valence-electron chi connectivity index (χ2n) is 5.99. The summed E-state index contributed by atoms with van der Waals surface area (Å²) >= 11 is 1.25. The lowest BCUT2D eigenvalue weighted by molar-refractivity contribution is -0.387. The molecule has 1 heterocycles. The van der Waals surface area contributed by atoms with E-state index >= 15 is 0 Å². The second-order valence-corrected chi connectivity index (χ2v) is 7.05. The van der Waals surface area contributed by atoms with Crippen molar-refractivity contribution >= 4 is 29.0 Å². The van der Waals surface area contributed by atoms with Crippen molar-refractivity contribution in [3.63, 3.8) is 0 Å². The minimum atomic E-state index is -0.442. The summed E-state index contributed by atoms with van der Waals surface area (Å²) in [4.78, 5) is 20.4. The van der Waals surface area contributed by atoms with Crippen LogP contribution in [-0.4, -0.2) is 14.9 Å². The zero-order valence-corrected chi connectivity index (χ0v) is 15.5. The highest BCUT2D eigenvalue weighted by atomic mass is 32.2. The van der Waals surface area contributed by atoms with E-state index in [0.29, 0.717) is 5.03 Å². The van der Waals surface area contributed by atoms with Crippen LogP contribution in [0.25, 0.3) is 0 Å². The minimum absolute atomic E-state index is 0.127. The van der Waals surface area contributed by atoms with E-state index < -0.39 is 4.92 Å². The van der Waals surface area contributed by atoms with E-state index in [1.165, 1.54) is 18.1 Å². The van der Waals surface area contributed by atoms with Crippen molar-refractivity contribution in [1.29, 1.82) is 0 Å². The lowest BCUT2D eigenvalue weighted by atomic mass is 10.1. The predicted molar refractivity (Wildman–Crippen MR) is 103 cm³/mol. The summed E-state index contributed by atoms with van der Waals surface area (Å²) in [6.45, 7) is 5.94. The monoisotopic (exact) mass is 366 g/mol. The largest absolute Gasteiger partial charge is 0.343 e. The standard InChI is InChI=1S/C19H18N4O2S/c1-12-4-7-15(8-5-12)26-19-17(23(24)25)18(20-11-21-19)22-16-9-6-13(2)10-14(16)3/h4-11H,1-3H3,(H,20,21,22). The lowest BCUT2D eigenvalue weighted by Crippen LogP contribution is -2.03. The van der Waals surface area contributed by atoms with E-state index in [1.807, 2.05) is 63.2 Å². The Hall–Kier alpha value is -2.93. The summed E-state index contributed by atoms with van der Waals surface area (Å²) < 4.78 is 0. The van der Waals surface area contributed by atoms with Crippen LogP contribution in [0.1, 0.15) is 16.7 Å². The van der Waals surface area contributed by atoms with Crippen molar-refractivity contribution in [2.24, 2.45) is 0 Å². The highest BCUT2D eigenvalue weighted by Gasteiger charge is 2.24. The molecule has 0 aliphatic heterocycles. The zero-order valence-electron chi connectivity index (χ0n) is 14.7. The number of rotatable bonds is 5. The van der Waals surface area contributed by atoms with E-state index in [0.717, 1.165) is 27.3 Å². The molecule has 7 heteroatoms. The maximum absolute atomic E-state index is 11.7. The Morgan fingerprint density at radius 2 is 1.69 bits per heavy atom. The van der Waals surface area contributed by atoms with Gasteiger partial charge in [-0.1, -0.05) is 47.2 Å². The minimum Gasteiger partial charge on any atom is -0.334 e. The quantitative estimate of drug-likeness (QED) is 0.379. The van der Waals surface area contributed by atoms with Crippen molar-refractivity contribution in [3.05, 3.63) is 75.6 Å². The number of anilines is 2. The number of nitro groups is 1. The number of hydrogen-bond acceptors (Lipinski definition) is 6. The van der Waals surface area contributed by atoms with Crippen molar-refractivity contribution < 1.29 is 4.92 Å². The molecule has 0 aliphatic carbocycles. The summed E-state index contributed by atoms with van der Waals surface area (Å²) in [5.41, 5.74) is 3.90. The summed E-state index contributed by atoms with van der Waals surface area (Å²) in [7, 11) is 0. The molecule has 0 atom stereocenters. The smallest absolute Gasteiger partial charge is 0.334 e. The van der Waals surface area contributed by atoms with Gasteiger partial charge in [0.15, 0.2) is 5.03 Å². The van der Waals surface area contributed by atoms with Crippen LogP contribution in [0.15, 0.2) is 58.7 Å². The molecule has 0 radical (unpaired) electrons. The molecule has 3 rings (SSSR count). The summed E-state index contributed by atoms with van der Waals surface area (Å²) in [5.74, 6) is 0.187. The second kappa shape index (κ2) is 7.53. The number of nitrogens with one attached hydrogen (secondary N) is 1. The fourth-order valence-electron chi connectivity index (χ4n) is 2.49. The van der Waals surface area contributed by atoms with Gasteiger partial charge in [0.05, 0.1) is 4.92 Å². The Bertz CT molecular complexity index is 958. The third-order valence-electron chi connectivity index (χ3n) is 3.84. The number of hydrogen-bond donors (Lipinski definition) is 1. The Kier molecular flexibility index (Phi) is 5.18. The maximum Gasteiger partial charge on any atom is 0.343 e. The first-order valence-electron chi connectivity index (χ1n) is 8.02. The molecular weight excluding hydrogens is 348 g/mol. The summed E-state index contributed by atoms with van der Waals surface area (Å²) in [6.07, 6.45) is 1.34. The third kappa shape index (κ3) is 4.00. The van der Waals surface area contributed by atoms with Crippen LogP contribution in [0.5, 0.6) is 0 Å². The molecule has 132 valence electrons. The van der Waals surface area contributed by atoms with E-state index in [9.17, 15) is 10.1 Å². The maximum atomic E-state index is 11.7. The number of aromatic nitrogens is 2. The molecule has 26 heavy (non-hydrogen) atoms. The average Bonchev–Trinajstić information content (AvgIpc) is 2.59. The molecule has 1 N–H and O–H groups in total. The van der Waals surface area contributed by atoms with E-state index in [1.54, 1.807) is 0 Å². The van der Waals surface area contributed by atoms with Crippen LogP contribution in [0.2, 0.25) is 0 Å². The zero-order chi connectivity index (χ0) is 18.7. The molecule has 3 aromatic rings. The van der Waals surface area contributed by atoms with Crippen molar-refractivity contribution in [2.75, 3.05) is 5.32 Å². The molecule has 1 aromatic heterocycles. The molecule has 0 amide bonds. The highest BCUT2D eigenvalue weighted by molar-refractivity contribution is 7.99. The van der Waals surface area contributed by atoms with Crippen LogP contribution in [0.3, 0.4) is 0 Å². The topological polar surface area (TPSA) is 81.0 Å². The Morgan fingerprint density at radius 1 is 1.00 bits per heavy atom. The van der Waals surface area contributed by atoms with Crippen LogP contribution in [0, 0.1) is 30.9 Å². The average molecular weight is 366 g/mol. The molecular formula is C19H18N4O2S. The molecule has 6 nitrogen and oxygen atoms in total. The molecule has 0 fully saturated rings. The normalized spacial score (nSPS) is 10.6. The first kappa shape index (κ1) is 17.9. The van der Waals surface area contributed by atoms with Crippen LogP contribution in [0.4, 0.5) is 17.2 Å². The molecule has 0 aliphatic rings. The first-order chi connectivity index (χ1) is 12.4. The number of nitrogens with zero attached hydrogens (tertiary/aromatic N) is 3. The fourth-order valence-corrected chi connectivity index (χ4v) is 3.36. The van der Waals surface area contributed by atoms with Crippen LogP contribution in [-0.2, 0) is 0 Å². The number of aryl methyl sites for hydroxylation is 3. The van der Waals surface area contributed by atoms with Gasteiger partial charge in [-0.2, -0.15) is 0 Å². The van der Waals surface area contributed by atoms with Crippen LogP contribution < -0.4 is 5.32 Å². The van der Waals surface area contributed by atoms with Gasteiger partial charge in [0.1, 0.15) is 6.33 Å². The molecule has 0 saturated carbocycles. The third-order valence-corrected chi connectivity index (χ3v) is 4.84. The molecule has 0 bridgehead atoms. The number of benzene rings is 2. The van der Waals surface area contributed by atoms with E-state index in [-0.39, 0.29) is 11.5 Å². The van der Waals surface area contributed by atoms with Gasteiger partial charge < -0.3 is 5.32 Å². The van der Waals surface area contributed by atoms with Gasteiger partial charge in [0, 0.05) is 10.6 Å². The van der Waals surface area contributed by atoms with Crippen molar-refractivity contribution in [2.45, 2.75) is 30.7 Å². The molecule has 0 unspecified atom stereocenters.